The number of aryl methyl sites for hydroxylation is 1. The molecule has 0 aliphatic carbocycles. The second-order valence-electron chi connectivity index (χ2n) is 5.35. The van der Waals surface area contributed by atoms with Gasteiger partial charge in [0.2, 0.25) is 0 Å². The zero-order chi connectivity index (χ0) is 17.3. The summed E-state index contributed by atoms with van der Waals surface area (Å²) in [4.78, 5) is 27.6. The summed E-state index contributed by atoms with van der Waals surface area (Å²) in [6.45, 7) is 1.94. The largest absolute Gasteiger partial charge is 0.506 e. The molecule has 3 aromatic rings. The van der Waals surface area contributed by atoms with Crippen LogP contribution in [0.4, 0.5) is 5.69 Å². The van der Waals surface area contributed by atoms with Gasteiger partial charge < -0.3 is 15.5 Å². The molecule has 6 heteroatoms. The third-order valence-electron chi connectivity index (χ3n) is 3.61. The van der Waals surface area contributed by atoms with Gasteiger partial charge in [-0.05, 0) is 43.3 Å². The van der Waals surface area contributed by atoms with Crippen LogP contribution in [-0.4, -0.2) is 27.1 Å². The zero-order valence-corrected chi connectivity index (χ0v) is 12.8. The van der Waals surface area contributed by atoms with Gasteiger partial charge in [-0.2, -0.15) is 0 Å². The number of benzene rings is 2. The number of hydrogen-bond acceptors (Lipinski definition) is 4. The third-order valence-corrected chi connectivity index (χ3v) is 3.61. The van der Waals surface area contributed by atoms with Crippen molar-refractivity contribution in [3.8, 4) is 5.75 Å². The van der Waals surface area contributed by atoms with E-state index in [1.807, 2.05) is 19.1 Å². The highest BCUT2D eigenvalue weighted by atomic mass is 16.4. The Labute approximate surface area is 137 Å². The highest BCUT2D eigenvalue weighted by molar-refractivity contribution is 6.07. The number of nitrogens with zero attached hydrogens (tertiary/aromatic N) is 1. The first-order valence-electron chi connectivity index (χ1n) is 7.20. The molecule has 0 bridgehead atoms. The van der Waals surface area contributed by atoms with E-state index in [9.17, 15) is 19.8 Å². The number of phenols is 1. The second kappa shape index (κ2) is 6.00. The Morgan fingerprint density at radius 3 is 2.38 bits per heavy atom. The van der Waals surface area contributed by atoms with E-state index < -0.39 is 11.9 Å². The van der Waals surface area contributed by atoms with E-state index >= 15 is 0 Å². The van der Waals surface area contributed by atoms with Crippen molar-refractivity contribution in [1.82, 2.24) is 4.98 Å². The van der Waals surface area contributed by atoms with Crippen molar-refractivity contribution < 1.29 is 19.8 Å². The molecule has 6 nitrogen and oxygen atoms in total. The fraction of sp³-hybridized carbons (Fsp3) is 0.0556. The van der Waals surface area contributed by atoms with Gasteiger partial charge in [0.1, 0.15) is 17.0 Å². The lowest BCUT2D eigenvalue weighted by molar-refractivity contribution is 0.0699. The lowest BCUT2D eigenvalue weighted by Gasteiger charge is -2.08. The van der Waals surface area contributed by atoms with Gasteiger partial charge in [0.05, 0.1) is 5.56 Å². The van der Waals surface area contributed by atoms with E-state index in [2.05, 4.69) is 10.3 Å². The summed E-state index contributed by atoms with van der Waals surface area (Å²) < 4.78 is 0. The Balaban J connectivity index is 1.98. The monoisotopic (exact) mass is 322 g/mol. The summed E-state index contributed by atoms with van der Waals surface area (Å²) in [7, 11) is 0. The standard InChI is InChI=1S/C18H14N2O4/c1-10-2-4-11(5-3-10)19-17(22)14-8-6-12-13(18(23)24)7-9-15(21)16(12)20-14/h2-9,21H,1H3,(H,19,22)(H,23,24). The number of hydrogen-bond donors (Lipinski definition) is 3. The van der Waals surface area contributed by atoms with Crippen molar-refractivity contribution >= 4 is 28.5 Å². The van der Waals surface area contributed by atoms with Crippen molar-refractivity contribution in [1.29, 1.82) is 0 Å². The van der Waals surface area contributed by atoms with E-state index in [4.69, 9.17) is 0 Å². The highest BCUT2D eigenvalue weighted by Crippen LogP contribution is 2.26. The van der Waals surface area contributed by atoms with Gasteiger partial charge in [0.25, 0.3) is 5.91 Å². The van der Waals surface area contributed by atoms with Gasteiger partial charge in [0.15, 0.2) is 0 Å². The molecule has 0 unspecified atom stereocenters. The molecule has 1 heterocycles. The molecule has 0 saturated carbocycles. The van der Waals surface area contributed by atoms with E-state index in [1.54, 1.807) is 12.1 Å². The van der Waals surface area contributed by atoms with E-state index in [0.717, 1.165) is 5.56 Å². The number of carbonyl (C=O) groups excluding carboxylic acids is 1. The number of pyridine rings is 1. The number of carboxylic acid groups (broad SMARTS) is 1. The number of carboxylic acids is 1. The van der Waals surface area contributed by atoms with Crippen LogP contribution in [0.5, 0.6) is 5.75 Å². The van der Waals surface area contributed by atoms with Crippen LogP contribution in [0.15, 0.2) is 48.5 Å². The molecule has 0 atom stereocenters. The van der Waals surface area contributed by atoms with Gasteiger partial charge in [-0.3, -0.25) is 4.79 Å². The SMILES string of the molecule is Cc1ccc(NC(=O)c2ccc3c(C(=O)O)ccc(O)c3n2)cc1. The maximum Gasteiger partial charge on any atom is 0.336 e. The first-order chi connectivity index (χ1) is 11.5. The minimum atomic E-state index is -1.13. The summed E-state index contributed by atoms with van der Waals surface area (Å²) in [6, 6.07) is 12.7. The van der Waals surface area contributed by atoms with Gasteiger partial charge in [-0.1, -0.05) is 17.7 Å². The lowest BCUT2D eigenvalue weighted by Crippen LogP contribution is -2.13. The van der Waals surface area contributed by atoms with Gasteiger partial charge >= 0.3 is 5.97 Å². The van der Waals surface area contributed by atoms with Crippen molar-refractivity contribution in [2.45, 2.75) is 6.92 Å². The highest BCUT2D eigenvalue weighted by Gasteiger charge is 2.15. The minimum Gasteiger partial charge on any atom is -0.506 e. The number of aromatic nitrogens is 1. The molecule has 0 radical (unpaired) electrons. The van der Waals surface area contributed by atoms with Crippen LogP contribution in [0.25, 0.3) is 10.9 Å². The number of aromatic hydroxyl groups is 1. The van der Waals surface area contributed by atoms with E-state index in [0.29, 0.717) is 5.69 Å². The van der Waals surface area contributed by atoms with Gasteiger partial charge in [0, 0.05) is 11.1 Å². The quantitative estimate of drug-likeness (QED) is 0.687. The number of phenolic OH excluding ortho intramolecular Hbond substituents is 1. The van der Waals surface area contributed by atoms with Gasteiger partial charge in [-0.25, -0.2) is 9.78 Å². The average Bonchev–Trinajstić information content (AvgIpc) is 2.56. The maximum absolute atomic E-state index is 12.3. The number of fused-ring (bicyclic) bond motifs is 1. The molecule has 0 aliphatic rings. The lowest BCUT2D eigenvalue weighted by atomic mass is 10.1. The molecule has 1 amide bonds. The Kier molecular flexibility index (Phi) is 3.87. The van der Waals surface area contributed by atoms with Crippen LogP contribution < -0.4 is 5.32 Å². The Morgan fingerprint density at radius 2 is 1.71 bits per heavy atom. The smallest absolute Gasteiger partial charge is 0.336 e. The van der Waals surface area contributed by atoms with Crippen molar-refractivity contribution in [3.63, 3.8) is 0 Å². The van der Waals surface area contributed by atoms with Crippen molar-refractivity contribution in [3.05, 3.63) is 65.4 Å². The molecule has 3 rings (SSSR count). The zero-order valence-electron chi connectivity index (χ0n) is 12.8. The molecular weight excluding hydrogens is 308 g/mol. The Bertz CT molecular complexity index is 949. The fourth-order valence-corrected chi connectivity index (χ4v) is 2.35. The summed E-state index contributed by atoms with van der Waals surface area (Å²) in [5.74, 6) is -1.75. The summed E-state index contributed by atoms with van der Waals surface area (Å²) in [5.41, 5.74) is 1.87. The number of rotatable bonds is 3. The van der Waals surface area contributed by atoms with Crippen molar-refractivity contribution in [2.24, 2.45) is 0 Å². The summed E-state index contributed by atoms with van der Waals surface area (Å²) >= 11 is 0. The van der Waals surface area contributed by atoms with Crippen LogP contribution >= 0.6 is 0 Å². The topological polar surface area (TPSA) is 99.5 Å². The molecule has 0 spiro atoms. The predicted molar refractivity (Wildman–Crippen MR) is 89.5 cm³/mol. The molecule has 120 valence electrons. The number of aromatic carboxylic acids is 1. The molecule has 0 saturated heterocycles. The van der Waals surface area contributed by atoms with Crippen LogP contribution in [0, 0.1) is 6.92 Å². The van der Waals surface area contributed by atoms with Crippen LogP contribution in [0.3, 0.4) is 0 Å². The maximum atomic E-state index is 12.3. The summed E-state index contributed by atoms with van der Waals surface area (Å²) in [5, 5.41) is 22.1. The second-order valence-corrected chi connectivity index (χ2v) is 5.35. The van der Waals surface area contributed by atoms with Crippen LogP contribution in [0.1, 0.15) is 26.4 Å². The summed E-state index contributed by atoms with van der Waals surface area (Å²) in [6.07, 6.45) is 0. The number of carbonyl (C=O) groups is 2. The van der Waals surface area contributed by atoms with Crippen molar-refractivity contribution in [2.75, 3.05) is 5.32 Å². The predicted octanol–water partition coefficient (Wildman–Crippen LogP) is 3.20. The van der Waals surface area contributed by atoms with Crippen LogP contribution in [-0.2, 0) is 0 Å². The average molecular weight is 322 g/mol. The normalized spacial score (nSPS) is 10.5. The molecular formula is C18H14N2O4. The number of nitrogens with one attached hydrogen (secondary N) is 1. The third kappa shape index (κ3) is 2.89. The van der Waals surface area contributed by atoms with E-state index in [-0.39, 0.29) is 27.9 Å². The molecule has 0 fully saturated rings. The van der Waals surface area contributed by atoms with Crippen LogP contribution in [0.2, 0.25) is 0 Å². The molecule has 1 aromatic heterocycles. The first-order valence-corrected chi connectivity index (χ1v) is 7.20. The minimum absolute atomic E-state index is 0.0146. The number of anilines is 1. The molecule has 2 aromatic carbocycles. The Hall–Kier alpha value is -3.41. The fourth-order valence-electron chi connectivity index (χ4n) is 2.35. The van der Waals surface area contributed by atoms with E-state index in [1.165, 1.54) is 24.3 Å². The Morgan fingerprint density at radius 1 is 1.00 bits per heavy atom. The number of amides is 1. The molecule has 3 N–H and O–H groups in total. The van der Waals surface area contributed by atoms with Gasteiger partial charge in [-0.15, -0.1) is 0 Å². The first kappa shape index (κ1) is 15.5. The molecule has 0 aliphatic heterocycles. The molecule has 24 heavy (non-hydrogen) atoms.